The van der Waals surface area contributed by atoms with Crippen LogP contribution in [0.4, 0.5) is 5.82 Å². The summed E-state index contributed by atoms with van der Waals surface area (Å²) < 4.78 is 5.86. The fraction of sp³-hybridized carbons (Fsp3) is 0.714. The number of nitrogens with one attached hydrogen (secondary N) is 1. The minimum atomic E-state index is -0.0912. The zero-order valence-corrected chi connectivity index (χ0v) is 12.5. The summed E-state index contributed by atoms with van der Waals surface area (Å²) in [5.74, 6) is 2.68. The summed E-state index contributed by atoms with van der Waals surface area (Å²) >= 11 is 0. The summed E-state index contributed by atoms with van der Waals surface area (Å²) in [6.45, 7) is 12.6. The van der Waals surface area contributed by atoms with E-state index in [4.69, 9.17) is 4.74 Å². The Morgan fingerprint density at radius 3 is 2.22 bits per heavy atom. The molecule has 4 nitrogen and oxygen atoms in total. The van der Waals surface area contributed by atoms with Crippen molar-refractivity contribution >= 4 is 5.82 Å². The molecule has 1 atom stereocenters. The fourth-order valence-electron chi connectivity index (χ4n) is 1.28. The molecule has 0 amide bonds. The van der Waals surface area contributed by atoms with Crippen molar-refractivity contribution in [3.8, 4) is 5.88 Å². The first-order valence-corrected chi connectivity index (χ1v) is 6.48. The van der Waals surface area contributed by atoms with E-state index >= 15 is 0 Å². The molecule has 0 saturated heterocycles. The van der Waals surface area contributed by atoms with Gasteiger partial charge in [-0.2, -0.15) is 4.98 Å². The standard InChI is InChI=1S/C14H25N3O/c1-9(2)10(3)18-12-8-11(15-7)16-13(17-12)14(4,5)6/h8-10H,1-7H3,(H,15,16,17). The first kappa shape index (κ1) is 14.7. The van der Waals surface area contributed by atoms with Gasteiger partial charge in [0.05, 0.1) is 6.10 Å². The fourth-order valence-corrected chi connectivity index (χ4v) is 1.28. The molecule has 102 valence electrons. The SMILES string of the molecule is CNc1cc(OC(C)C(C)C)nc(C(C)(C)C)n1. The monoisotopic (exact) mass is 251 g/mol. The van der Waals surface area contributed by atoms with Gasteiger partial charge < -0.3 is 10.1 Å². The molecular weight excluding hydrogens is 226 g/mol. The summed E-state index contributed by atoms with van der Waals surface area (Å²) in [5, 5.41) is 3.05. The molecule has 1 aromatic heterocycles. The van der Waals surface area contributed by atoms with Gasteiger partial charge in [0, 0.05) is 18.5 Å². The predicted octanol–water partition coefficient (Wildman–Crippen LogP) is 3.24. The minimum Gasteiger partial charge on any atom is -0.474 e. The summed E-state index contributed by atoms with van der Waals surface area (Å²) in [7, 11) is 1.85. The van der Waals surface area contributed by atoms with E-state index in [0.717, 1.165) is 11.6 Å². The average molecular weight is 251 g/mol. The van der Waals surface area contributed by atoms with E-state index in [1.54, 1.807) is 0 Å². The van der Waals surface area contributed by atoms with Gasteiger partial charge in [-0.15, -0.1) is 0 Å². The third-order valence-electron chi connectivity index (χ3n) is 2.88. The van der Waals surface area contributed by atoms with Gasteiger partial charge in [0.1, 0.15) is 11.6 Å². The highest BCUT2D eigenvalue weighted by molar-refractivity contribution is 5.38. The molecule has 0 aliphatic carbocycles. The van der Waals surface area contributed by atoms with Crippen LogP contribution in [0.15, 0.2) is 6.07 Å². The van der Waals surface area contributed by atoms with Crippen molar-refractivity contribution in [3.05, 3.63) is 11.9 Å². The number of ether oxygens (including phenoxy) is 1. The molecular formula is C14H25N3O. The lowest BCUT2D eigenvalue weighted by Gasteiger charge is -2.21. The normalized spacial score (nSPS) is 13.6. The van der Waals surface area contributed by atoms with Gasteiger partial charge in [-0.05, 0) is 12.8 Å². The first-order chi connectivity index (χ1) is 8.24. The quantitative estimate of drug-likeness (QED) is 0.892. The van der Waals surface area contributed by atoms with Gasteiger partial charge in [0.25, 0.3) is 0 Å². The molecule has 1 N–H and O–H groups in total. The number of hydrogen-bond donors (Lipinski definition) is 1. The van der Waals surface area contributed by atoms with Crippen LogP contribution in [0.5, 0.6) is 5.88 Å². The van der Waals surface area contributed by atoms with Crippen molar-refractivity contribution in [1.29, 1.82) is 0 Å². The van der Waals surface area contributed by atoms with Crippen LogP contribution >= 0.6 is 0 Å². The molecule has 1 rings (SSSR count). The third kappa shape index (κ3) is 3.86. The molecule has 0 aliphatic rings. The lowest BCUT2D eigenvalue weighted by Crippen LogP contribution is -2.22. The van der Waals surface area contributed by atoms with E-state index in [1.165, 1.54) is 0 Å². The molecule has 0 saturated carbocycles. The van der Waals surface area contributed by atoms with E-state index in [0.29, 0.717) is 11.8 Å². The smallest absolute Gasteiger partial charge is 0.219 e. The predicted molar refractivity (Wildman–Crippen MR) is 75.2 cm³/mol. The van der Waals surface area contributed by atoms with Crippen molar-refractivity contribution in [1.82, 2.24) is 9.97 Å². The van der Waals surface area contributed by atoms with Crippen LogP contribution < -0.4 is 10.1 Å². The Balaban J connectivity index is 3.05. The van der Waals surface area contributed by atoms with E-state index in [2.05, 4.69) is 56.8 Å². The zero-order valence-electron chi connectivity index (χ0n) is 12.5. The van der Waals surface area contributed by atoms with E-state index in [9.17, 15) is 0 Å². The lowest BCUT2D eigenvalue weighted by atomic mass is 9.96. The molecule has 0 bridgehead atoms. The Morgan fingerprint density at radius 2 is 1.78 bits per heavy atom. The Hall–Kier alpha value is -1.32. The number of nitrogens with zero attached hydrogens (tertiary/aromatic N) is 2. The van der Waals surface area contributed by atoms with Crippen LogP contribution in [0.3, 0.4) is 0 Å². The molecule has 18 heavy (non-hydrogen) atoms. The lowest BCUT2D eigenvalue weighted by molar-refractivity contribution is 0.162. The van der Waals surface area contributed by atoms with Crippen LogP contribution in [0, 0.1) is 5.92 Å². The molecule has 0 aliphatic heterocycles. The minimum absolute atomic E-state index is 0.0912. The van der Waals surface area contributed by atoms with Gasteiger partial charge in [0.2, 0.25) is 5.88 Å². The maximum absolute atomic E-state index is 5.86. The van der Waals surface area contributed by atoms with Crippen molar-refractivity contribution in [3.63, 3.8) is 0 Å². The number of aromatic nitrogens is 2. The highest BCUT2D eigenvalue weighted by atomic mass is 16.5. The van der Waals surface area contributed by atoms with Crippen molar-refractivity contribution in [2.75, 3.05) is 12.4 Å². The second kappa shape index (κ2) is 5.55. The Bertz CT molecular complexity index is 397. The Morgan fingerprint density at radius 1 is 1.17 bits per heavy atom. The highest BCUT2D eigenvalue weighted by Gasteiger charge is 2.20. The van der Waals surface area contributed by atoms with Crippen molar-refractivity contribution in [2.45, 2.75) is 53.1 Å². The van der Waals surface area contributed by atoms with E-state index < -0.39 is 0 Å². The van der Waals surface area contributed by atoms with Crippen LogP contribution in [-0.4, -0.2) is 23.1 Å². The van der Waals surface area contributed by atoms with E-state index in [1.807, 2.05) is 13.1 Å². The number of rotatable bonds is 4. The van der Waals surface area contributed by atoms with Gasteiger partial charge in [-0.25, -0.2) is 4.98 Å². The first-order valence-electron chi connectivity index (χ1n) is 6.48. The van der Waals surface area contributed by atoms with Gasteiger partial charge in [0.15, 0.2) is 0 Å². The molecule has 0 radical (unpaired) electrons. The van der Waals surface area contributed by atoms with Crippen LogP contribution in [0.1, 0.15) is 47.4 Å². The molecule has 1 unspecified atom stereocenters. The van der Waals surface area contributed by atoms with Gasteiger partial charge >= 0.3 is 0 Å². The molecule has 1 heterocycles. The van der Waals surface area contributed by atoms with Gasteiger partial charge in [-0.1, -0.05) is 34.6 Å². The number of hydrogen-bond acceptors (Lipinski definition) is 4. The Labute approximate surface area is 110 Å². The maximum atomic E-state index is 5.86. The molecule has 0 spiro atoms. The summed E-state index contributed by atoms with van der Waals surface area (Å²) in [5.41, 5.74) is -0.0912. The largest absolute Gasteiger partial charge is 0.474 e. The van der Waals surface area contributed by atoms with Crippen LogP contribution in [0.2, 0.25) is 0 Å². The van der Waals surface area contributed by atoms with Crippen molar-refractivity contribution in [2.24, 2.45) is 5.92 Å². The molecule has 1 aromatic rings. The molecule has 0 fully saturated rings. The maximum Gasteiger partial charge on any atom is 0.219 e. The molecule has 0 aromatic carbocycles. The highest BCUT2D eigenvalue weighted by Crippen LogP contribution is 2.24. The van der Waals surface area contributed by atoms with E-state index in [-0.39, 0.29) is 11.5 Å². The topological polar surface area (TPSA) is 47.0 Å². The van der Waals surface area contributed by atoms with Crippen LogP contribution in [-0.2, 0) is 5.41 Å². The summed E-state index contributed by atoms with van der Waals surface area (Å²) in [6.07, 6.45) is 0.137. The Kier molecular flexibility index (Phi) is 4.54. The van der Waals surface area contributed by atoms with Gasteiger partial charge in [-0.3, -0.25) is 0 Å². The van der Waals surface area contributed by atoms with Crippen molar-refractivity contribution < 1.29 is 4.74 Å². The zero-order chi connectivity index (χ0) is 13.9. The summed E-state index contributed by atoms with van der Waals surface area (Å²) in [6, 6.07) is 1.84. The second-order valence-electron chi connectivity index (χ2n) is 5.98. The average Bonchev–Trinajstić information content (AvgIpc) is 2.27. The third-order valence-corrected chi connectivity index (χ3v) is 2.88. The molecule has 4 heteroatoms. The summed E-state index contributed by atoms with van der Waals surface area (Å²) in [4.78, 5) is 8.97. The second-order valence-corrected chi connectivity index (χ2v) is 5.98. The number of anilines is 1. The van der Waals surface area contributed by atoms with Crippen LogP contribution in [0.25, 0.3) is 0 Å².